The molecule has 0 saturated heterocycles. The minimum absolute atomic E-state index is 0.0636. The number of hydrogen-bond donors (Lipinski definition) is 2. The Morgan fingerprint density at radius 1 is 1.03 bits per heavy atom. The summed E-state index contributed by atoms with van der Waals surface area (Å²) < 4.78 is 0. The number of nitrogens with one attached hydrogen (secondary N) is 2. The number of hydrogen-bond acceptors (Lipinski definition) is 5. The van der Waals surface area contributed by atoms with Crippen molar-refractivity contribution in [2.24, 2.45) is 0 Å². The van der Waals surface area contributed by atoms with Gasteiger partial charge in [-0.2, -0.15) is 0 Å². The number of anilines is 1. The number of carbonyl (C=O) groups excluding carboxylic acids is 2. The fraction of sp³-hybridized carbons (Fsp3) is 0.227. The molecule has 2 N–H and O–H groups in total. The van der Waals surface area contributed by atoms with E-state index in [0.717, 1.165) is 34.2 Å². The molecule has 3 aromatic rings. The minimum Gasteiger partial charge on any atom is -0.349 e. The van der Waals surface area contributed by atoms with Crippen LogP contribution in [0.2, 0.25) is 0 Å². The number of rotatable bonds is 7. The summed E-state index contributed by atoms with van der Waals surface area (Å²) in [5.74, 6) is 0.578. The van der Waals surface area contributed by atoms with Gasteiger partial charge in [0.15, 0.2) is 0 Å². The SMILES string of the molecule is Cc1nc(CSc2ccc(C(=O)Nc3ccc(C(=O)NC4CC4)cc3)cc2)cs1. The van der Waals surface area contributed by atoms with E-state index < -0.39 is 0 Å². The first kappa shape index (κ1) is 19.7. The second kappa shape index (κ2) is 8.80. The van der Waals surface area contributed by atoms with Crippen LogP contribution in [0, 0.1) is 6.92 Å². The van der Waals surface area contributed by atoms with Crippen LogP contribution in [-0.4, -0.2) is 22.8 Å². The Labute approximate surface area is 178 Å². The molecular weight excluding hydrogens is 402 g/mol. The number of aryl methyl sites for hydroxylation is 1. The number of carbonyl (C=O) groups is 2. The minimum atomic E-state index is -0.174. The molecule has 1 aromatic heterocycles. The second-order valence-corrected chi connectivity index (χ2v) is 9.06. The van der Waals surface area contributed by atoms with Crippen LogP contribution in [0.25, 0.3) is 0 Å². The topological polar surface area (TPSA) is 71.1 Å². The van der Waals surface area contributed by atoms with Crippen molar-refractivity contribution in [1.82, 2.24) is 10.3 Å². The van der Waals surface area contributed by atoms with Gasteiger partial charge in [0, 0.05) is 38.9 Å². The highest BCUT2D eigenvalue weighted by molar-refractivity contribution is 7.98. The standard InChI is InChI=1S/C22H21N3O2S2/c1-14-23-19(12-28-14)13-29-20-10-4-16(5-11-20)22(27)24-17-6-2-15(3-7-17)21(26)25-18-8-9-18/h2-7,10-12,18H,8-9,13H2,1H3,(H,24,27)(H,25,26). The number of thiazole rings is 1. The highest BCUT2D eigenvalue weighted by atomic mass is 32.2. The molecule has 1 fully saturated rings. The largest absolute Gasteiger partial charge is 0.349 e. The van der Waals surface area contributed by atoms with E-state index in [-0.39, 0.29) is 11.8 Å². The van der Waals surface area contributed by atoms with Gasteiger partial charge in [-0.3, -0.25) is 9.59 Å². The molecule has 1 aliphatic carbocycles. The molecule has 0 bridgehead atoms. The highest BCUT2D eigenvalue weighted by Gasteiger charge is 2.23. The molecule has 1 aliphatic rings. The van der Waals surface area contributed by atoms with E-state index in [4.69, 9.17) is 0 Å². The smallest absolute Gasteiger partial charge is 0.255 e. The van der Waals surface area contributed by atoms with Crippen molar-refractivity contribution in [3.8, 4) is 0 Å². The van der Waals surface area contributed by atoms with Crippen molar-refractivity contribution < 1.29 is 9.59 Å². The molecule has 0 atom stereocenters. The summed E-state index contributed by atoms with van der Waals surface area (Å²) >= 11 is 3.35. The van der Waals surface area contributed by atoms with Crippen molar-refractivity contribution in [2.75, 3.05) is 5.32 Å². The van der Waals surface area contributed by atoms with E-state index in [1.165, 1.54) is 0 Å². The van der Waals surface area contributed by atoms with E-state index in [0.29, 0.717) is 22.9 Å². The second-order valence-electron chi connectivity index (χ2n) is 6.95. The lowest BCUT2D eigenvalue weighted by atomic mass is 10.1. The van der Waals surface area contributed by atoms with Gasteiger partial charge in [0.25, 0.3) is 11.8 Å². The van der Waals surface area contributed by atoms with Crippen LogP contribution in [0.3, 0.4) is 0 Å². The lowest BCUT2D eigenvalue weighted by molar-refractivity contribution is 0.0950. The summed E-state index contributed by atoms with van der Waals surface area (Å²) in [4.78, 5) is 30.1. The van der Waals surface area contributed by atoms with Crippen molar-refractivity contribution >= 4 is 40.6 Å². The van der Waals surface area contributed by atoms with Crippen LogP contribution in [0.1, 0.15) is 44.3 Å². The maximum Gasteiger partial charge on any atom is 0.255 e. The summed E-state index contributed by atoms with van der Waals surface area (Å²) in [7, 11) is 0. The molecular formula is C22H21N3O2S2. The summed E-state index contributed by atoms with van der Waals surface area (Å²) in [5, 5.41) is 8.97. The first-order chi connectivity index (χ1) is 14.1. The summed E-state index contributed by atoms with van der Waals surface area (Å²) in [5.41, 5.74) is 2.94. The average molecular weight is 424 g/mol. The maximum atomic E-state index is 12.5. The predicted molar refractivity (Wildman–Crippen MR) is 118 cm³/mol. The molecule has 2 amide bonds. The van der Waals surface area contributed by atoms with Crippen LogP contribution in [0.15, 0.2) is 58.8 Å². The Bertz CT molecular complexity index is 1010. The van der Waals surface area contributed by atoms with E-state index in [2.05, 4.69) is 21.0 Å². The summed E-state index contributed by atoms with van der Waals surface area (Å²) in [6, 6.07) is 14.8. The van der Waals surface area contributed by atoms with Gasteiger partial charge in [0.05, 0.1) is 10.7 Å². The Morgan fingerprint density at radius 2 is 1.69 bits per heavy atom. The van der Waals surface area contributed by atoms with E-state index in [9.17, 15) is 9.59 Å². The molecule has 0 unspecified atom stereocenters. The number of thioether (sulfide) groups is 1. The van der Waals surface area contributed by atoms with Crippen molar-refractivity contribution in [2.45, 2.75) is 36.5 Å². The van der Waals surface area contributed by atoms with Crippen LogP contribution in [0.5, 0.6) is 0 Å². The molecule has 148 valence electrons. The van der Waals surface area contributed by atoms with Crippen molar-refractivity contribution in [1.29, 1.82) is 0 Å². The molecule has 0 radical (unpaired) electrons. The Hall–Kier alpha value is -2.64. The van der Waals surface area contributed by atoms with Crippen LogP contribution in [-0.2, 0) is 5.75 Å². The number of amides is 2. The lowest BCUT2D eigenvalue weighted by Crippen LogP contribution is -2.25. The molecule has 0 aliphatic heterocycles. The monoisotopic (exact) mass is 423 g/mol. The molecule has 1 heterocycles. The maximum absolute atomic E-state index is 12.5. The van der Waals surface area contributed by atoms with Crippen LogP contribution >= 0.6 is 23.1 Å². The van der Waals surface area contributed by atoms with Gasteiger partial charge in [-0.05, 0) is 68.3 Å². The molecule has 4 rings (SSSR count). The zero-order chi connectivity index (χ0) is 20.2. The van der Waals surface area contributed by atoms with E-state index >= 15 is 0 Å². The highest BCUT2D eigenvalue weighted by Crippen LogP contribution is 2.24. The lowest BCUT2D eigenvalue weighted by Gasteiger charge is -2.08. The summed E-state index contributed by atoms with van der Waals surface area (Å²) in [6.45, 7) is 2.00. The zero-order valence-electron chi connectivity index (χ0n) is 16.0. The van der Waals surface area contributed by atoms with Gasteiger partial charge in [-0.15, -0.1) is 23.1 Å². The molecule has 5 nitrogen and oxygen atoms in total. The Morgan fingerprint density at radius 3 is 2.31 bits per heavy atom. The molecule has 0 spiro atoms. The Kier molecular flexibility index (Phi) is 5.97. The van der Waals surface area contributed by atoms with Gasteiger partial charge in [-0.1, -0.05) is 0 Å². The van der Waals surface area contributed by atoms with Gasteiger partial charge >= 0.3 is 0 Å². The predicted octanol–water partition coefficient (Wildman–Crippen LogP) is 4.89. The van der Waals surface area contributed by atoms with E-state index in [1.807, 2.05) is 31.2 Å². The van der Waals surface area contributed by atoms with Crippen LogP contribution < -0.4 is 10.6 Å². The van der Waals surface area contributed by atoms with Crippen LogP contribution in [0.4, 0.5) is 5.69 Å². The van der Waals surface area contributed by atoms with E-state index in [1.54, 1.807) is 47.4 Å². The Balaban J connectivity index is 1.31. The fourth-order valence-electron chi connectivity index (χ4n) is 2.74. The number of aromatic nitrogens is 1. The third kappa shape index (κ3) is 5.46. The molecule has 29 heavy (non-hydrogen) atoms. The molecule has 2 aromatic carbocycles. The van der Waals surface area contributed by atoms with Gasteiger partial charge in [-0.25, -0.2) is 4.98 Å². The quantitative estimate of drug-likeness (QED) is 0.531. The van der Waals surface area contributed by atoms with Crippen molar-refractivity contribution in [3.63, 3.8) is 0 Å². The normalized spacial score (nSPS) is 13.1. The first-order valence-electron chi connectivity index (χ1n) is 9.43. The molecule has 1 saturated carbocycles. The fourth-order valence-corrected chi connectivity index (χ4v) is 4.25. The molecule has 7 heteroatoms. The summed E-state index contributed by atoms with van der Waals surface area (Å²) in [6.07, 6.45) is 2.11. The average Bonchev–Trinajstić information content (AvgIpc) is 3.45. The van der Waals surface area contributed by atoms with Crippen molar-refractivity contribution in [3.05, 3.63) is 75.7 Å². The number of nitrogens with zero attached hydrogens (tertiary/aromatic N) is 1. The third-order valence-corrected chi connectivity index (χ3v) is 6.36. The number of benzene rings is 2. The van der Waals surface area contributed by atoms with Gasteiger partial charge in [0.1, 0.15) is 0 Å². The third-order valence-electron chi connectivity index (χ3n) is 4.49. The zero-order valence-corrected chi connectivity index (χ0v) is 17.6. The van der Waals surface area contributed by atoms with Gasteiger partial charge in [0.2, 0.25) is 0 Å². The first-order valence-corrected chi connectivity index (χ1v) is 11.3. The van der Waals surface area contributed by atoms with Gasteiger partial charge < -0.3 is 10.6 Å².